The second kappa shape index (κ2) is 8.54. The Hall–Kier alpha value is -0.610. The fraction of sp³-hybridized carbons (Fsp3) is 0.933. The summed E-state index contributed by atoms with van der Waals surface area (Å²) >= 11 is 0. The summed E-state index contributed by atoms with van der Waals surface area (Å²) < 4.78 is 5.23. The van der Waals surface area contributed by atoms with Gasteiger partial charge in [-0.2, -0.15) is 0 Å². The van der Waals surface area contributed by atoms with E-state index in [1.54, 1.807) is 0 Å². The van der Waals surface area contributed by atoms with Crippen LogP contribution in [0.3, 0.4) is 0 Å². The van der Waals surface area contributed by atoms with Crippen LogP contribution in [0, 0.1) is 5.92 Å². The summed E-state index contributed by atoms with van der Waals surface area (Å²) in [5, 5.41) is 13.2. The molecule has 0 atom stereocenters. The minimum Gasteiger partial charge on any atom is -0.388 e. The molecule has 112 valence electrons. The van der Waals surface area contributed by atoms with Crippen LogP contribution in [0.15, 0.2) is 0 Å². The van der Waals surface area contributed by atoms with Crippen molar-refractivity contribution in [3.8, 4) is 0 Å². The Morgan fingerprint density at radius 3 is 2.37 bits per heavy atom. The molecular formula is C15H29NO3. The first-order valence-corrected chi connectivity index (χ1v) is 7.66. The van der Waals surface area contributed by atoms with Gasteiger partial charge in [0.05, 0.1) is 5.60 Å². The number of hydrogen-bond donors (Lipinski definition) is 2. The van der Waals surface area contributed by atoms with Gasteiger partial charge >= 0.3 is 0 Å². The van der Waals surface area contributed by atoms with Gasteiger partial charge in [0.25, 0.3) is 0 Å². The Bertz CT molecular complexity index is 256. The summed E-state index contributed by atoms with van der Waals surface area (Å²) in [5.41, 5.74) is -0.765. The first-order valence-electron chi connectivity index (χ1n) is 7.66. The minimum absolute atomic E-state index is 0.0758. The maximum absolute atomic E-state index is 11.9. The molecule has 0 radical (unpaired) electrons. The van der Waals surface area contributed by atoms with Crippen molar-refractivity contribution < 1.29 is 14.6 Å². The molecule has 0 aromatic heterocycles. The number of nitrogens with one attached hydrogen (secondary N) is 1. The van der Waals surface area contributed by atoms with Crippen LogP contribution in [0.25, 0.3) is 0 Å². The zero-order chi connectivity index (χ0) is 14.1. The second-order valence-corrected chi connectivity index (χ2v) is 5.76. The lowest BCUT2D eigenvalue weighted by molar-refractivity contribution is -0.125. The normalized spacial score (nSPS) is 18.5. The molecule has 0 bridgehead atoms. The molecule has 0 aliphatic carbocycles. The van der Waals surface area contributed by atoms with Gasteiger partial charge in [-0.1, -0.05) is 39.5 Å². The molecule has 4 heteroatoms. The molecule has 1 aliphatic rings. The lowest BCUT2D eigenvalue weighted by Crippen LogP contribution is -2.46. The SMILES string of the molecule is CCCC(CCC)CC(=O)NCC1(O)CCOCC1. The van der Waals surface area contributed by atoms with Gasteiger partial charge in [-0.05, 0) is 5.92 Å². The summed E-state index contributed by atoms with van der Waals surface area (Å²) in [4.78, 5) is 11.9. The Morgan fingerprint density at radius 2 is 1.84 bits per heavy atom. The van der Waals surface area contributed by atoms with E-state index in [9.17, 15) is 9.90 Å². The highest BCUT2D eigenvalue weighted by Crippen LogP contribution is 2.20. The number of amides is 1. The number of carbonyl (C=O) groups is 1. The quantitative estimate of drug-likeness (QED) is 0.712. The van der Waals surface area contributed by atoms with Crippen LogP contribution in [0.4, 0.5) is 0 Å². The molecule has 0 aromatic carbocycles. The molecule has 1 fully saturated rings. The highest BCUT2D eigenvalue weighted by Gasteiger charge is 2.30. The average Bonchev–Trinajstić information content (AvgIpc) is 2.38. The zero-order valence-electron chi connectivity index (χ0n) is 12.4. The molecule has 0 saturated carbocycles. The van der Waals surface area contributed by atoms with E-state index in [4.69, 9.17) is 4.74 Å². The highest BCUT2D eigenvalue weighted by molar-refractivity contribution is 5.76. The summed E-state index contributed by atoms with van der Waals surface area (Å²) in [5.74, 6) is 0.561. The fourth-order valence-electron chi connectivity index (χ4n) is 2.69. The lowest BCUT2D eigenvalue weighted by Gasteiger charge is -2.32. The van der Waals surface area contributed by atoms with Crippen molar-refractivity contribution in [3.05, 3.63) is 0 Å². The lowest BCUT2D eigenvalue weighted by atomic mass is 9.93. The van der Waals surface area contributed by atoms with Gasteiger partial charge in [-0.3, -0.25) is 4.79 Å². The Kier molecular flexibility index (Phi) is 7.39. The number of aliphatic hydroxyl groups is 1. The first kappa shape index (κ1) is 16.4. The summed E-state index contributed by atoms with van der Waals surface area (Å²) in [7, 11) is 0. The van der Waals surface area contributed by atoms with Gasteiger partial charge in [0.15, 0.2) is 0 Å². The predicted molar refractivity (Wildman–Crippen MR) is 75.9 cm³/mol. The largest absolute Gasteiger partial charge is 0.388 e. The molecule has 2 N–H and O–H groups in total. The molecule has 1 saturated heterocycles. The second-order valence-electron chi connectivity index (χ2n) is 5.76. The van der Waals surface area contributed by atoms with Crippen molar-refractivity contribution in [1.29, 1.82) is 0 Å². The molecule has 19 heavy (non-hydrogen) atoms. The van der Waals surface area contributed by atoms with E-state index in [1.165, 1.54) is 0 Å². The van der Waals surface area contributed by atoms with Crippen molar-refractivity contribution in [2.24, 2.45) is 5.92 Å². The van der Waals surface area contributed by atoms with E-state index in [0.29, 0.717) is 44.9 Å². The van der Waals surface area contributed by atoms with Crippen LogP contribution >= 0.6 is 0 Å². The number of rotatable bonds is 8. The van der Waals surface area contributed by atoms with Gasteiger partial charge in [-0.15, -0.1) is 0 Å². The van der Waals surface area contributed by atoms with Crippen molar-refractivity contribution in [2.75, 3.05) is 19.8 Å². The monoisotopic (exact) mass is 271 g/mol. The van der Waals surface area contributed by atoms with Crippen molar-refractivity contribution in [2.45, 2.75) is 64.4 Å². The average molecular weight is 271 g/mol. The summed E-state index contributed by atoms with van der Waals surface area (Å²) in [6.45, 7) is 5.85. The van der Waals surface area contributed by atoms with Crippen LogP contribution in [-0.2, 0) is 9.53 Å². The molecule has 1 rings (SSSR count). The van der Waals surface area contributed by atoms with Crippen LogP contribution < -0.4 is 5.32 Å². The number of carbonyl (C=O) groups excluding carboxylic acids is 1. The van der Waals surface area contributed by atoms with E-state index in [0.717, 1.165) is 25.7 Å². The van der Waals surface area contributed by atoms with Gasteiger partial charge in [0, 0.05) is 39.0 Å². The van der Waals surface area contributed by atoms with Crippen molar-refractivity contribution in [1.82, 2.24) is 5.32 Å². The van der Waals surface area contributed by atoms with E-state index < -0.39 is 5.60 Å². The minimum atomic E-state index is -0.765. The fourth-order valence-corrected chi connectivity index (χ4v) is 2.69. The topological polar surface area (TPSA) is 58.6 Å². The third kappa shape index (κ3) is 6.39. The van der Waals surface area contributed by atoms with Crippen LogP contribution in [-0.4, -0.2) is 36.4 Å². The van der Waals surface area contributed by atoms with Gasteiger partial charge in [0.1, 0.15) is 0 Å². The van der Waals surface area contributed by atoms with Crippen molar-refractivity contribution >= 4 is 5.91 Å². The van der Waals surface area contributed by atoms with Crippen LogP contribution in [0.5, 0.6) is 0 Å². The van der Waals surface area contributed by atoms with Crippen molar-refractivity contribution in [3.63, 3.8) is 0 Å². The molecule has 1 aliphatic heterocycles. The molecule has 0 aromatic rings. The molecular weight excluding hydrogens is 242 g/mol. The van der Waals surface area contributed by atoms with Crippen LogP contribution in [0.1, 0.15) is 58.8 Å². The zero-order valence-corrected chi connectivity index (χ0v) is 12.4. The number of hydrogen-bond acceptors (Lipinski definition) is 3. The van der Waals surface area contributed by atoms with Gasteiger partial charge in [0.2, 0.25) is 5.91 Å². The van der Waals surface area contributed by atoms with Gasteiger partial charge < -0.3 is 15.2 Å². The Morgan fingerprint density at radius 1 is 1.26 bits per heavy atom. The third-order valence-electron chi connectivity index (χ3n) is 3.91. The highest BCUT2D eigenvalue weighted by atomic mass is 16.5. The summed E-state index contributed by atoms with van der Waals surface area (Å²) in [6.07, 6.45) is 6.28. The van der Waals surface area contributed by atoms with E-state index in [2.05, 4.69) is 19.2 Å². The van der Waals surface area contributed by atoms with E-state index >= 15 is 0 Å². The summed E-state index contributed by atoms with van der Waals surface area (Å²) in [6, 6.07) is 0. The molecule has 1 amide bonds. The standard InChI is InChI=1S/C15H29NO3/c1-3-5-13(6-4-2)11-14(17)16-12-15(18)7-9-19-10-8-15/h13,18H,3-12H2,1-2H3,(H,16,17). The predicted octanol–water partition coefficient (Wildman–Crippen LogP) is 2.25. The Labute approximate surface area is 116 Å². The molecule has 1 heterocycles. The maximum Gasteiger partial charge on any atom is 0.220 e. The molecule has 0 spiro atoms. The first-order chi connectivity index (χ1) is 9.09. The van der Waals surface area contributed by atoms with E-state index in [1.807, 2.05) is 0 Å². The number of ether oxygens (including phenoxy) is 1. The Balaban J connectivity index is 2.29. The molecule has 4 nitrogen and oxygen atoms in total. The molecule has 0 unspecified atom stereocenters. The third-order valence-corrected chi connectivity index (χ3v) is 3.91. The van der Waals surface area contributed by atoms with E-state index in [-0.39, 0.29) is 5.91 Å². The maximum atomic E-state index is 11.9. The van der Waals surface area contributed by atoms with Crippen LogP contribution in [0.2, 0.25) is 0 Å². The smallest absolute Gasteiger partial charge is 0.220 e. The van der Waals surface area contributed by atoms with Gasteiger partial charge in [-0.25, -0.2) is 0 Å².